The number of pyridine rings is 1. The summed E-state index contributed by atoms with van der Waals surface area (Å²) in [6.07, 6.45) is 1.64. The van der Waals surface area contributed by atoms with Crippen LogP contribution in [0.3, 0.4) is 0 Å². The Labute approximate surface area is 77.2 Å². The highest BCUT2D eigenvalue weighted by Crippen LogP contribution is 2.10. The smallest absolute Gasteiger partial charge is 0.180 e. The van der Waals surface area contributed by atoms with E-state index in [2.05, 4.69) is 10.3 Å². The summed E-state index contributed by atoms with van der Waals surface area (Å²) < 4.78 is 0. The van der Waals surface area contributed by atoms with E-state index < -0.39 is 0 Å². The second-order valence-electron chi connectivity index (χ2n) is 2.90. The maximum atomic E-state index is 11.4. The van der Waals surface area contributed by atoms with Crippen molar-refractivity contribution in [1.82, 2.24) is 10.3 Å². The normalized spacial score (nSPS) is 10.0. The van der Waals surface area contributed by atoms with Gasteiger partial charge in [-0.15, -0.1) is 0 Å². The van der Waals surface area contributed by atoms with Crippen LogP contribution in [0.2, 0.25) is 0 Å². The predicted molar refractivity (Wildman–Crippen MR) is 51.6 cm³/mol. The second kappa shape index (κ2) is 4.00. The minimum absolute atomic E-state index is 0.0313. The number of hydrogen-bond donors (Lipinski definition) is 2. The van der Waals surface area contributed by atoms with Crippen LogP contribution in [-0.2, 0) is 0 Å². The molecule has 0 radical (unpaired) electrons. The molecule has 0 bridgehead atoms. The molecule has 0 aliphatic rings. The van der Waals surface area contributed by atoms with E-state index in [4.69, 9.17) is 5.73 Å². The van der Waals surface area contributed by atoms with Crippen molar-refractivity contribution in [1.29, 1.82) is 0 Å². The lowest BCUT2D eigenvalue weighted by molar-refractivity contribution is 0.0994. The van der Waals surface area contributed by atoms with Crippen molar-refractivity contribution < 1.29 is 4.79 Å². The summed E-state index contributed by atoms with van der Waals surface area (Å²) in [7, 11) is 1.72. The van der Waals surface area contributed by atoms with Crippen LogP contribution in [-0.4, -0.2) is 24.4 Å². The molecule has 0 aromatic carbocycles. The summed E-state index contributed by atoms with van der Waals surface area (Å²) in [6.45, 7) is 2.16. The van der Waals surface area contributed by atoms with Gasteiger partial charge in [-0.05, 0) is 25.6 Å². The molecule has 0 saturated carbocycles. The molecule has 0 amide bonds. The molecule has 0 saturated heterocycles. The minimum atomic E-state index is -0.0313. The summed E-state index contributed by atoms with van der Waals surface area (Å²) in [4.78, 5) is 15.3. The van der Waals surface area contributed by atoms with E-state index in [-0.39, 0.29) is 12.3 Å². The SMILES string of the molecule is CNCC(=O)c1cc(C)cnc1N. The summed E-state index contributed by atoms with van der Waals surface area (Å²) >= 11 is 0. The highest BCUT2D eigenvalue weighted by molar-refractivity contribution is 6.01. The third-order valence-corrected chi connectivity index (χ3v) is 1.69. The Bertz CT molecular complexity index is 323. The number of carbonyl (C=O) groups is 1. The molecular formula is C9H13N3O. The molecule has 0 spiro atoms. The molecule has 0 aliphatic carbocycles. The lowest BCUT2D eigenvalue weighted by Gasteiger charge is -2.03. The molecular weight excluding hydrogens is 166 g/mol. The van der Waals surface area contributed by atoms with E-state index in [9.17, 15) is 4.79 Å². The lowest BCUT2D eigenvalue weighted by Crippen LogP contribution is -2.20. The third kappa shape index (κ3) is 2.26. The molecule has 1 aromatic heterocycles. The molecule has 13 heavy (non-hydrogen) atoms. The van der Waals surface area contributed by atoms with E-state index in [1.54, 1.807) is 19.3 Å². The first-order chi connectivity index (χ1) is 6.15. The molecule has 3 N–H and O–H groups in total. The van der Waals surface area contributed by atoms with Crippen LogP contribution < -0.4 is 11.1 Å². The van der Waals surface area contributed by atoms with E-state index in [1.165, 1.54) is 0 Å². The number of Topliss-reactive ketones (excluding diaryl/α,β-unsaturated/α-hetero) is 1. The van der Waals surface area contributed by atoms with Gasteiger partial charge in [0.1, 0.15) is 5.82 Å². The van der Waals surface area contributed by atoms with E-state index in [0.717, 1.165) is 5.56 Å². The number of anilines is 1. The number of carbonyl (C=O) groups excluding carboxylic acids is 1. The Morgan fingerprint density at radius 3 is 3.00 bits per heavy atom. The molecule has 1 heterocycles. The van der Waals surface area contributed by atoms with Crippen LogP contribution in [0.15, 0.2) is 12.3 Å². The number of rotatable bonds is 3. The Balaban J connectivity index is 2.99. The third-order valence-electron chi connectivity index (χ3n) is 1.69. The summed E-state index contributed by atoms with van der Waals surface area (Å²) in [6, 6.07) is 1.75. The fourth-order valence-corrected chi connectivity index (χ4v) is 1.06. The first-order valence-electron chi connectivity index (χ1n) is 4.05. The van der Waals surface area contributed by atoms with Crippen molar-refractivity contribution in [2.75, 3.05) is 19.3 Å². The standard InChI is InChI=1S/C9H13N3O/c1-6-3-7(8(13)5-11-2)9(10)12-4-6/h3-4,11H,5H2,1-2H3,(H2,10,12). The van der Waals surface area contributed by atoms with Crippen molar-refractivity contribution in [3.05, 3.63) is 23.4 Å². The van der Waals surface area contributed by atoms with E-state index in [1.807, 2.05) is 6.92 Å². The number of aryl methyl sites for hydroxylation is 1. The number of hydrogen-bond acceptors (Lipinski definition) is 4. The van der Waals surface area contributed by atoms with Crippen LogP contribution in [0.5, 0.6) is 0 Å². The average Bonchev–Trinajstić information content (AvgIpc) is 2.09. The zero-order valence-electron chi connectivity index (χ0n) is 7.79. The monoisotopic (exact) mass is 179 g/mol. The van der Waals surface area contributed by atoms with Gasteiger partial charge in [0, 0.05) is 6.20 Å². The molecule has 4 heteroatoms. The molecule has 0 unspecified atom stereocenters. The van der Waals surface area contributed by atoms with Gasteiger partial charge in [-0.2, -0.15) is 0 Å². The first-order valence-corrected chi connectivity index (χ1v) is 4.05. The number of nitrogen functional groups attached to an aromatic ring is 1. The van der Waals surface area contributed by atoms with Crippen molar-refractivity contribution in [2.45, 2.75) is 6.92 Å². The number of likely N-dealkylation sites (N-methyl/N-ethyl adjacent to an activating group) is 1. The van der Waals surface area contributed by atoms with Crippen molar-refractivity contribution in [3.8, 4) is 0 Å². The van der Waals surface area contributed by atoms with Gasteiger partial charge in [0.25, 0.3) is 0 Å². The number of ketones is 1. The van der Waals surface area contributed by atoms with Crippen LogP contribution in [0, 0.1) is 6.92 Å². The highest BCUT2D eigenvalue weighted by Gasteiger charge is 2.09. The molecule has 1 aromatic rings. The van der Waals surface area contributed by atoms with E-state index >= 15 is 0 Å². The van der Waals surface area contributed by atoms with Gasteiger partial charge in [0.05, 0.1) is 12.1 Å². The molecule has 0 aliphatic heterocycles. The Kier molecular flexibility index (Phi) is 2.97. The van der Waals surface area contributed by atoms with Gasteiger partial charge in [0.15, 0.2) is 5.78 Å². The Hall–Kier alpha value is -1.42. The second-order valence-corrected chi connectivity index (χ2v) is 2.90. The van der Waals surface area contributed by atoms with Crippen LogP contribution >= 0.6 is 0 Å². The number of nitrogens with two attached hydrogens (primary N) is 1. The number of nitrogens with zero attached hydrogens (tertiary/aromatic N) is 1. The molecule has 1 rings (SSSR count). The van der Waals surface area contributed by atoms with Crippen LogP contribution in [0.4, 0.5) is 5.82 Å². The van der Waals surface area contributed by atoms with Crippen LogP contribution in [0.25, 0.3) is 0 Å². The summed E-state index contributed by atoms with van der Waals surface area (Å²) in [5.41, 5.74) is 6.99. The summed E-state index contributed by atoms with van der Waals surface area (Å²) in [5.74, 6) is 0.266. The Morgan fingerprint density at radius 1 is 1.69 bits per heavy atom. The maximum absolute atomic E-state index is 11.4. The van der Waals surface area contributed by atoms with E-state index in [0.29, 0.717) is 11.4 Å². The number of aromatic nitrogens is 1. The highest BCUT2D eigenvalue weighted by atomic mass is 16.1. The largest absolute Gasteiger partial charge is 0.383 e. The molecule has 70 valence electrons. The van der Waals surface area contributed by atoms with Gasteiger partial charge in [0.2, 0.25) is 0 Å². The summed E-state index contributed by atoms with van der Waals surface area (Å²) in [5, 5.41) is 2.78. The van der Waals surface area contributed by atoms with Gasteiger partial charge in [-0.1, -0.05) is 0 Å². The zero-order valence-corrected chi connectivity index (χ0v) is 7.79. The quantitative estimate of drug-likeness (QED) is 0.658. The topological polar surface area (TPSA) is 68.0 Å². The maximum Gasteiger partial charge on any atom is 0.180 e. The zero-order chi connectivity index (χ0) is 9.84. The van der Waals surface area contributed by atoms with Gasteiger partial charge in [-0.25, -0.2) is 4.98 Å². The fourth-order valence-electron chi connectivity index (χ4n) is 1.06. The van der Waals surface area contributed by atoms with Crippen molar-refractivity contribution in [2.24, 2.45) is 0 Å². The van der Waals surface area contributed by atoms with Crippen molar-refractivity contribution in [3.63, 3.8) is 0 Å². The van der Waals surface area contributed by atoms with Crippen molar-refractivity contribution >= 4 is 11.6 Å². The Morgan fingerprint density at radius 2 is 2.38 bits per heavy atom. The fraction of sp³-hybridized carbons (Fsp3) is 0.333. The average molecular weight is 179 g/mol. The molecule has 4 nitrogen and oxygen atoms in total. The predicted octanol–water partition coefficient (Wildman–Crippen LogP) is 0.374. The lowest BCUT2D eigenvalue weighted by atomic mass is 10.1. The first kappa shape index (κ1) is 9.67. The van der Waals surface area contributed by atoms with Crippen LogP contribution in [0.1, 0.15) is 15.9 Å². The van der Waals surface area contributed by atoms with Gasteiger partial charge < -0.3 is 11.1 Å². The van der Waals surface area contributed by atoms with Gasteiger partial charge >= 0.3 is 0 Å². The molecule has 0 atom stereocenters. The van der Waals surface area contributed by atoms with Gasteiger partial charge in [-0.3, -0.25) is 4.79 Å². The molecule has 0 fully saturated rings. The minimum Gasteiger partial charge on any atom is -0.383 e. The number of nitrogens with one attached hydrogen (secondary N) is 1.